The largest absolute Gasteiger partial charge is 0.394 e. The highest BCUT2D eigenvalue weighted by atomic mass is 16.3. The second-order valence-corrected chi connectivity index (χ2v) is 6.05. The number of hydrogen-bond donors (Lipinski definition) is 2. The molecule has 0 bridgehead atoms. The van der Waals surface area contributed by atoms with Gasteiger partial charge < -0.3 is 10.4 Å². The summed E-state index contributed by atoms with van der Waals surface area (Å²) < 4.78 is 2.04. The van der Waals surface area contributed by atoms with Gasteiger partial charge in [0.05, 0.1) is 18.3 Å². The van der Waals surface area contributed by atoms with Gasteiger partial charge in [0, 0.05) is 23.5 Å². The first-order chi connectivity index (χ1) is 9.54. The Morgan fingerprint density at radius 1 is 1.35 bits per heavy atom. The zero-order valence-electron chi connectivity index (χ0n) is 12.6. The predicted octanol–water partition coefficient (Wildman–Crippen LogP) is 2.57. The van der Waals surface area contributed by atoms with Gasteiger partial charge in [0.15, 0.2) is 0 Å². The van der Waals surface area contributed by atoms with Crippen LogP contribution in [0.15, 0.2) is 30.5 Å². The Labute approximate surface area is 120 Å². The normalized spacial score (nSPS) is 14.8. The third kappa shape index (κ3) is 3.58. The van der Waals surface area contributed by atoms with Crippen molar-refractivity contribution in [2.45, 2.75) is 51.7 Å². The average molecular weight is 275 g/mol. The Kier molecular flexibility index (Phi) is 4.78. The number of nitrogens with zero attached hydrogens (tertiary/aromatic N) is 2. The lowest BCUT2D eigenvalue weighted by Gasteiger charge is -2.31. The molecule has 4 heteroatoms. The highest BCUT2D eigenvalue weighted by Gasteiger charge is 2.23. The van der Waals surface area contributed by atoms with Crippen LogP contribution in [0, 0.1) is 0 Å². The summed E-state index contributed by atoms with van der Waals surface area (Å²) in [4.78, 5) is 0. The Hall–Kier alpha value is -1.39. The molecule has 0 amide bonds. The molecule has 20 heavy (non-hydrogen) atoms. The van der Waals surface area contributed by atoms with Crippen LogP contribution in [-0.2, 0) is 6.54 Å². The van der Waals surface area contributed by atoms with E-state index in [2.05, 4.69) is 43.3 Å². The van der Waals surface area contributed by atoms with Crippen LogP contribution >= 0.6 is 0 Å². The van der Waals surface area contributed by atoms with Gasteiger partial charge in [-0.1, -0.05) is 32.0 Å². The van der Waals surface area contributed by atoms with E-state index in [4.69, 9.17) is 0 Å². The van der Waals surface area contributed by atoms with Gasteiger partial charge in [0.1, 0.15) is 0 Å². The van der Waals surface area contributed by atoms with Gasteiger partial charge in [0.25, 0.3) is 0 Å². The van der Waals surface area contributed by atoms with E-state index in [1.54, 1.807) is 0 Å². The second-order valence-electron chi connectivity index (χ2n) is 6.05. The molecule has 2 rings (SSSR count). The van der Waals surface area contributed by atoms with E-state index in [0.717, 1.165) is 19.4 Å². The molecule has 1 aromatic carbocycles. The summed E-state index contributed by atoms with van der Waals surface area (Å²) in [6.07, 6.45) is 3.82. The molecular formula is C16H25N3O. The minimum atomic E-state index is -0.211. The molecule has 110 valence electrons. The van der Waals surface area contributed by atoms with Crippen LogP contribution in [0.4, 0.5) is 0 Å². The number of aliphatic hydroxyl groups is 1. The number of aryl methyl sites for hydroxylation is 1. The standard InChI is InChI=1S/C16H25N3O/c1-13(2)18-16(3,12-20)9-6-10-19-15-8-5-4-7-14(15)11-17-19/h4-5,7-8,11,13,18,20H,6,9-10,12H2,1-3H3. The van der Waals surface area contributed by atoms with Crippen molar-refractivity contribution >= 4 is 10.9 Å². The van der Waals surface area contributed by atoms with Crippen molar-refractivity contribution in [3.05, 3.63) is 30.5 Å². The Bertz CT molecular complexity index is 549. The van der Waals surface area contributed by atoms with Crippen LogP contribution < -0.4 is 5.32 Å². The van der Waals surface area contributed by atoms with Gasteiger partial charge in [-0.15, -0.1) is 0 Å². The summed E-state index contributed by atoms with van der Waals surface area (Å²) in [5.74, 6) is 0. The smallest absolute Gasteiger partial charge is 0.0682 e. The van der Waals surface area contributed by atoms with Gasteiger partial charge in [-0.3, -0.25) is 4.68 Å². The molecule has 0 saturated carbocycles. The molecule has 1 heterocycles. The number of benzene rings is 1. The number of nitrogens with one attached hydrogen (secondary N) is 1. The third-order valence-corrected chi connectivity index (χ3v) is 3.64. The average Bonchev–Trinajstić information content (AvgIpc) is 2.82. The zero-order valence-corrected chi connectivity index (χ0v) is 12.6. The first-order valence-corrected chi connectivity index (χ1v) is 7.33. The lowest BCUT2D eigenvalue weighted by molar-refractivity contribution is 0.153. The maximum absolute atomic E-state index is 9.58. The van der Waals surface area contributed by atoms with E-state index in [0.29, 0.717) is 6.04 Å². The van der Waals surface area contributed by atoms with Crippen molar-refractivity contribution in [3.8, 4) is 0 Å². The van der Waals surface area contributed by atoms with Gasteiger partial charge in [-0.2, -0.15) is 5.10 Å². The fourth-order valence-corrected chi connectivity index (χ4v) is 2.72. The van der Waals surface area contributed by atoms with Gasteiger partial charge in [-0.25, -0.2) is 0 Å². The molecule has 4 nitrogen and oxygen atoms in total. The van der Waals surface area contributed by atoms with Crippen LogP contribution in [0.25, 0.3) is 10.9 Å². The van der Waals surface area contributed by atoms with E-state index >= 15 is 0 Å². The molecule has 0 fully saturated rings. The van der Waals surface area contributed by atoms with Crippen molar-refractivity contribution in [3.63, 3.8) is 0 Å². The maximum Gasteiger partial charge on any atom is 0.0682 e. The fraction of sp³-hybridized carbons (Fsp3) is 0.562. The molecule has 1 atom stereocenters. The summed E-state index contributed by atoms with van der Waals surface area (Å²) in [5.41, 5.74) is 0.965. The molecule has 2 N–H and O–H groups in total. The van der Waals surface area contributed by atoms with E-state index < -0.39 is 0 Å². The molecule has 1 aromatic heterocycles. The highest BCUT2D eigenvalue weighted by molar-refractivity contribution is 5.78. The molecule has 2 aromatic rings. The van der Waals surface area contributed by atoms with Gasteiger partial charge in [0.2, 0.25) is 0 Å². The summed E-state index contributed by atoms with van der Waals surface area (Å²) >= 11 is 0. The summed E-state index contributed by atoms with van der Waals surface area (Å²) in [6, 6.07) is 8.62. The van der Waals surface area contributed by atoms with Crippen LogP contribution in [0.3, 0.4) is 0 Å². The van der Waals surface area contributed by atoms with Crippen molar-refractivity contribution in [2.75, 3.05) is 6.61 Å². The minimum Gasteiger partial charge on any atom is -0.394 e. The monoisotopic (exact) mass is 275 g/mol. The Morgan fingerprint density at radius 3 is 2.80 bits per heavy atom. The first-order valence-electron chi connectivity index (χ1n) is 7.33. The van der Waals surface area contributed by atoms with Crippen LogP contribution in [0.2, 0.25) is 0 Å². The van der Waals surface area contributed by atoms with Crippen LogP contribution in [-0.4, -0.2) is 33.1 Å². The number of fused-ring (bicyclic) bond motifs is 1. The molecule has 1 unspecified atom stereocenters. The van der Waals surface area contributed by atoms with E-state index in [1.165, 1.54) is 10.9 Å². The topological polar surface area (TPSA) is 50.1 Å². The Balaban J connectivity index is 1.95. The van der Waals surface area contributed by atoms with Crippen molar-refractivity contribution in [1.29, 1.82) is 0 Å². The van der Waals surface area contributed by atoms with Crippen molar-refractivity contribution in [1.82, 2.24) is 15.1 Å². The molecule has 0 radical (unpaired) electrons. The maximum atomic E-state index is 9.58. The quantitative estimate of drug-likeness (QED) is 0.816. The molecule has 0 aliphatic heterocycles. The zero-order chi connectivity index (χ0) is 14.6. The summed E-state index contributed by atoms with van der Waals surface area (Å²) in [5, 5.41) is 18.6. The SMILES string of the molecule is CC(C)NC(C)(CO)CCCn1ncc2ccccc21. The van der Waals surface area contributed by atoms with Crippen molar-refractivity contribution < 1.29 is 5.11 Å². The molecule has 0 aliphatic carbocycles. The highest BCUT2D eigenvalue weighted by Crippen LogP contribution is 2.16. The van der Waals surface area contributed by atoms with Crippen LogP contribution in [0.5, 0.6) is 0 Å². The fourth-order valence-electron chi connectivity index (χ4n) is 2.72. The Morgan fingerprint density at radius 2 is 2.10 bits per heavy atom. The second kappa shape index (κ2) is 6.37. The molecule has 0 spiro atoms. The number of rotatable bonds is 7. The predicted molar refractivity (Wildman–Crippen MR) is 82.7 cm³/mol. The molecule has 0 aliphatic rings. The van der Waals surface area contributed by atoms with Crippen LogP contribution in [0.1, 0.15) is 33.6 Å². The van der Waals surface area contributed by atoms with Gasteiger partial charge in [-0.05, 0) is 25.8 Å². The van der Waals surface area contributed by atoms with E-state index in [-0.39, 0.29) is 12.1 Å². The van der Waals surface area contributed by atoms with E-state index in [1.807, 2.05) is 23.0 Å². The minimum absolute atomic E-state index is 0.158. The third-order valence-electron chi connectivity index (χ3n) is 3.64. The lowest BCUT2D eigenvalue weighted by atomic mass is 9.96. The first kappa shape index (κ1) is 15.0. The van der Waals surface area contributed by atoms with Crippen molar-refractivity contribution in [2.24, 2.45) is 0 Å². The molecule has 0 saturated heterocycles. The summed E-state index contributed by atoms with van der Waals surface area (Å²) in [7, 11) is 0. The molecular weight excluding hydrogens is 250 g/mol. The lowest BCUT2D eigenvalue weighted by Crippen LogP contribution is -2.49. The number of para-hydroxylation sites is 1. The number of hydrogen-bond acceptors (Lipinski definition) is 3. The number of aliphatic hydroxyl groups excluding tert-OH is 1. The van der Waals surface area contributed by atoms with Gasteiger partial charge >= 0.3 is 0 Å². The summed E-state index contributed by atoms with van der Waals surface area (Å²) in [6.45, 7) is 7.33. The van der Waals surface area contributed by atoms with E-state index in [9.17, 15) is 5.11 Å². The number of aromatic nitrogens is 2.